The first kappa shape index (κ1) is 8.68. The van der Waals surface area contributed by atoms with E-state index in [4.69, 9.17) is 6.57 Å². The molecule has 0 spiro atoms. The summed E-state index contributed by atoms with van der Waals surface area (Å²) >= 11 is 1.14. The quantitative estimate of drug-likeness (QED) is 0.518. The Morgan fingerprint density at radius 1 is 1.92 bits per heavy atom. The summed E-state index contributed by atoms with van der Waals surface area (Å²) < 4.78 is 4.69. The molecule has 1 aromatic rings. The van der Waals surface area contributed by atoms with Crippen LogP contribution in [0.15, 0.2) is 5.38 Å². The molecule has 0 atom stereocenters. The third-order valence-corrected chi connectivity index (χ3v) is 1.81. The maximum Gasteiger partial charge on any atom is 0.381 e. The summed E-state index contributed by atoms with van der Waals surface area (Å²) in [7, 11) is 0. The predicted octanol–water partition coefficient (Wildman–Crippen LogP) is 1.87. The highest BCUT2D eigenvalue weighted by Crippen LogP contribution is 2.18. The Morgan fingerprint density at radius 3 is 3.17 bits per heavy atom. The minimum Gasteiger partial charge on any atom is -0.460 e. The van der Waals surface area contributed by atoms with Crippen LogP contribution in [-0.4, -0.2) is 17.6 Å². The molecule has 0 radical (unpaired) electrons. The number of nitrogens with zero attached hydrogens (tertiary/aromatic N) is 2. The van der Waals surface area contributed by atoms with Gasteiger partial charge >= 0.3 is 11.1 Å². The van der Waals surface area contributed by atoms with Crippen molar-refractivity contribution in [2.75, 3.05) is 6.61 Å². The van der Waals surface area contributed by atoms with E-state index in [1.54, 1.807) is 6.92 Å². The normalized spacial score (nSPS) is 9.00. The van der Waals surface area contributed by atoms with E-state index in [2.05, 4.69) is 14.6 Å². The van der Waals surface area contributed by atoms with E-state index in [0.29, 0.717) is 6.61 Å². The van der Waals surface area contributed by atoms with Crippen LogP contribution < -0.4 is 0 Å². The molecule has 0 aliphatic carbocycles. The van der Waals surface area contributed by atoms with Crippen LogP contribution in [0.2, 0.25) is 0 Å². The maximum atomic E-state index is 11.0. The van der Waals surface area contributed by atoms with Gasteiger partial charge in [0, 0.05) is 5.38 Å². The van der Waals surface area contributed by atoms with Crippen LogP contribution in [-0.2, 0) is 4.74 Å². The van der Waals surface area contributed by atoms with Crippen molar-refractivity contribution in [3.05, 3.63) is 22.5 Å². The van der Waals surface area contributed by atoms with Gasteiger partial charge in [0.2, 0.25) is 5.69 Å². The van der Waals surface area contributed by atoms with Crippen molar-refractivity contribution in [3.8, 4) is 0 Å². The molecule has 1 aromatic heterocycles. The number of hydrogen-bond acceptors (Lipinski definition) is 4. The van der Waals surface area contributed by atoms with Gasteiger partial charge in [0.15, 0.2) is 0 Å². The van der Waals surface area contributed by atoms with E-state index in [1.807, 2.05) is 0 Å². The number of carbonyl (C=O) groups is 1. The van der Waals surface area contributed by atoms with Crippen molar-refractivity contribution in [1.82, 2.24) is 4.98 Å². The number of hydrogen-bond donors (Lipinski definition) is 0. The van der Waals surface area contributed by atoms with E-state index in [0.717, 1.165) is 11.3 Å². The monoisotopic (exact) mass is 182 g/mol. The molecule has 62 valence electrons. The van der Waals surface area contributed by atoms with Crippen molar-refractivity contribution in [2.45, 2.75) is 6.92 Å². The lowest BCUT2D eigenvalue weighted by Gasteiger charge is -1.92. The molecule has 12 heavy (non-hydrogen) atoms. The van der Waals surface area contributed by atoms with Gasteiger partial charge in [0.25, 0.3) is 0 Å². The molecule has 1 rings (SSSR count). The molecule has 0 aliphatic rings. The summed E-state index contributed by atoms with van der Waals surface area (Å²) in [6, 6.07) is 0. The Morgan fingerprint density at radius 2 is 2.67 bits per heavy atom. The van der Waals surface area contributed by atoms with Gasteiger partial charge < -0.3 is 9.58 Å². The lowest BCUT2D eigenvalue weighted by atomic mass is 10.5. The van der Waals surface area contributed by atoms with Crippen LogP contribution in [0, 0.1) is 6.57 Å². The van der Waals surface area contributed by atoms with Crippen LogP contribution in [0.4, 0.5) is 5.13 Å². The first-order valence-corrected chi connectivity index (χ1v) is 4.16. The summed E-state index contributed by atoms with van der Waals surface area (Å²) in [5.41, 5.74) is 0.216. The van der Waals surface area contributed by atoms with Crippen molar-refractivity contribution < 1.29 is 9.53 Å². The minimum atomic E-state index is -0.469. The molecule has 0 fully saturated rings. The van der Waals surface area contributed by atoms with Gasteiger partial charge in [-0.2, -0.15) is 0 Å². The third kappa shape index (κ3) is 1.80. The van der Waals surface area contributed by atoms with Crippen LogP contribution in [0.5, 0.6) is 0 Å². The van der Waals surface area contributed by atoms with E-state index < -0.39 is 5.97 Å². The molecule has 0 aliphatic heterocycles. The molecule has 4 nitrogen and oxygen atoms in total. The summed E-state index contributed by atoms with van der Waals surface area (Å²) in [5.74, 6) is -0.469. The smallest absolute Gasteiger partial charge is 0.381 e. The molecule has 0 N–H and O–H groups in total. The largest absolute Gasteiger partial charge is 0.460 e. The number of ether oxygens (including phenoxy) is 1. The number of thiazole rings is 1. The number of rotatable bonds is 2. The topological polar surface area (TPSA) is 43.5 Å². The fourth-order valence-corrected chi connectivity index (χ4v) is 1.18. The molecule has 0 unspecified atom stereocenters. The summed E-state index contributed by atoms with van der Waals surface area (Å²) in [4.78, 5) is 17.8. The molecule has 0 amide bonds. The van der Waals surface area contributed by atoms with E-state index >= 15 is 0 Å². The molecule has 0 bridgehead atoms. The highest BCUT2D eigenvalue weighted by Gasteiger charge is 2.14. The molecule has 0 saturated carbocycles. The predicted molar refractivity (Wildman–Crippen MR) is 44.3 cm³/mol. The average Bonchev–Trinajstić information content (AvgIpc) is 2.52. The zero-order valence-electron chi connectivity index (χ0n) is 6.40. The lowest BCUT2D eigenvalue weighted by Crippen LogP contribution is -2.04. The Labute approximate surface area is 73.6 Å². The fourth-order valence-electron chi connectivity index (χ4n) is 0.614. The Bertz CT molecular complexity index is 326. The van der Waals surface area contributed by atoms with Crippen LogP contribution in [0.25, 0.3) is 4.85 Å². The Balaban J connectivity index is 2.76. The summed E-state index contributed by atoms with van der Waals surface area (Å²) in [6.45, 7) is 8.67. The second-order valence-corrected chi connectivity index (χ2v) is 2.68. The zero-order chi connectivity index (χ0) is 8.97. The van der Waals surface area contributed by atoms with Gasteiger partial charge in [-0.3, -0.25) is 0 Å². The second-order valence-electron chi connectivity index (χ2n) is 1.85. The van der Waals surface area contributed by atoms with Gasteiger partial charge in [-0.1, -0.05) is 6.57 Å². The molecular formula is C7H6N2O2S. The van der Waals surface area contributed by atoms with Crippen LogP contribution in [0.3, 0.4) is 0 Å². The first-order valence-electron chi connectivity index (χ1n) is 3.28. The SMILES string of the molecule is [C-]#[N+]c1nc(C(=O)OCC)cs1. The standard InChI is InChI=1S/C7H6N2O2S/c1-3-11-6(10)5-4-12-7(8-2)9-5/h4H,3H2,1H3. The average molecular weight is 182 g/mol. The van der Waals surface area contributed by atoms with Gasteiger partial charge in [0.05, 0.1) is 6.61 Å². The summed E-state index contributed by atoms with van der Waals surface area (Å²) in [5, 5.41) is 1.78. The number of carbonyl (C=O) groups excluding carboxylic acids is 1. The van der Waals surface area contributed by atoms with Crippen molar-refractivity contribution in [3.63, 3.8) is 0 Å². The summed E-state index contributed by atoms with van der Waals surface area (Å²) in [6.07, 6.45) is 0. The Hall–Kier alpha value is -1.41. The van der Waals surface area contributed by atoms with Crippen molar-refractivity contribution in [2.24, 2.45) is 0 Å². The molecular weight excluding hydrogens is 176 g/mol. The second kappa shape index (κ2) is 3.83. The third-order valence-electron chi connectivity index (χ3n) is 1.07. The number of aromatic nitrogens is 1. The molecule has 0 aromatic carbocycles. The maximum absolute atomic E-state index is 11.0. The Kier molecular flexibility index (Phi) is 2.77. The van der Waals surface area contributed by atoms with Crippen molar-refractivity contribution >= 4 is 22.4 Å². The van der Waals surface area contributed by atoms with Gasteiger partial charge in [-0.15, -0.1) is 16.3 Å². The van der Waals surface area contributed by atoms with E-state index in [1.165, 1.54) is 5.38 Å². The molecule has 5 heteroatoms. The van der Waals surface area contributed by atoms with Gasteiger partial charge in [0.1, 0.15) is 0 Å². The fraction of sp³-hybridized carbons (Fsp3) is 0.286. The van der Waals surface area contributed by atoms with Crippen molar-refractivity contribution in [1.29, 1.82) is 0 Å². The zero-order valence-corrected chi connectivity index (χ0v) is 7.22. The van der Waals surface area contributed by atoms with Gasteiger partial charge in [-0.05, 0) is 6.92 Å². The van der Waals surface area contributed by atoms with Crippen LogP contribution >= 0.6 is 11.3 Å². The van der Waals surface area contributed by atoms with Gasteiger partial charge in [-0.25, -0.2) is 4.79 Å². The van der Waals surface area contributed by atoms with E-state index in [9.17, 15) is 4.79 Å². The molecule has 1 heterocycles. The lowest BCUT2D eigenvalue weighted by molar-refractivity contribution is 0.0520. The highest BCUT2D eigenvalue weighted by atomic mass is 32.1. The highest BCUT2D eigenvalue weighted by molar-refractivity contribution is 7.14. The minimum absolute atomic E-state index is 0.216. The number of esters is 1. The van der Waals surface area contributed by atoms with Crippen LogP contribution in [0.1, 0.15) is 17.4 Å². The van der Waals surface area contributed by atoms with E-state index in [-0.39, 0.29) is 10.8 Å². The first-order chi connectivity index (χ1) is 5.77. The molecule has 0 saturated heterocycles.